The number of anilines is 1. The molecule has 2 fully saturated rings. The van der Waals surface area contributed by atoms with Crippen molar-refractivity contribution in [2.45, 2.75) is 19.8 Å². The Morgan fingerprint density at radius 1 is 1.06 bits per heavy atom. The fourth-order valence-electron chi connectivity index (χ4n) is 3.67. The van der Waals surface area contributed by atoms with Gasteiger partial charge in [-0.25, -0.2) is 4.79 Å². The summed E-state index contributed by atoms with van der Waals surface area (Å²) in [5, 5.41) is 3.30. The molecule has 2 saturated heterocycles. The molecule has 10 heteroatoms. The molecular formula is C21H27ClN4O5. The Hall–Kier alpha value is -2.81. The number of nitrogens with zero attached hydrogens (tertiary/aromatic N) is 3. The fourth-order valence-corrected chi connectivity index (χ4v) is 3.80. The number of hydrogen-bond acceptors (Lipinski definition) is 5. The number of hydrogen-bond donors (Lipinski definition) is 1. The van der Waals surface area contributed by atoms with Crippen LogP contribution in [0.2, 0.25) is 5.02 Å². The second-order valence-corrected chi connectivity index (χ2v) is 8.02. The highest BCUT2D eigenvalue weighted by molar-refractivity contribution is 6.30. The number of rotatable bonds is 5. The van der Waals surface area contributed by atoms with Gasteiger partial charge in [0.15, 0.2) is 0 Å². The minimum atomic E-state index is -0.373. The average molecular weight is 451 g/mol. The van der Waals surface area contributed by atoms with E-state index in [0.717, 1.165) is 0 Å². The molecule has 0 bridgehead atoms. The van der Waals surface area contributed by atoms with Crippen LogP contribution in [0.15, 0.2) is 24.3 Å². The monoisotopic (exact) mass is 450 g/mol. The summed E-state index contributed by atoms with van der Waals surface area (Å²) in [4.78, 5) is 53.9. The average Bonchev–Trinajstić information content (AvgIpc) is 2.77. The zero-order chi connectivity index (χ0) is 22.4. The van der Waals surface area contributed by atoms with Gasteiger partial charge >= 0.3 is 12.0 Å². The standard InChI is InChI=1S/C21H27ClN4O5/c1-2-31-20(29)15-7-9-24(10-8-15)18(27)13-25-11-12-26(14-19(25)28)21(30)23-17-5-3-16(22)4-6-17/h3-6,15H,2,7-14H2,1H3,(H,23,30). The largest absolute Gasteiger partial charge is 0.466 e. The van der Waals surface area contributed by atoms with Crippen LogP contribution in [0, 0.1) is 5.92 Å². The van der Waals surface area contributed by atoms with Gasteiger partial charge in [-0.1, -0.05) is 11.6 Å². The minimum Gasteiger partial charge on any atom is -0.466 e. The Bertz CT molecular complexity index is 824. The van der Waals surface area contributed by atoms with Crippen molar-refractivity contribution >= 4 is 41.1 Å². The molecule has 0 unspecified atom stereocenters. The number of nitrogens with one attached hydrogen (secondary N) is 1. The van der Waals surface area contributed by atoms with Gasteiger partial charge in [0.2, 0.25) is 11.8 Å². The molecule has 2 aliphatic rings. The second kappa shape index (κ2) is 10.5. The van der Waals surface area contributed by atoms with Gasteiger partial charge in [0, 0.05) is 36.9 Å². The van der Waals surface area contributed by atoms with Crippen molar-refractivity contribution in [2.75, 3.05) is 51.2 Å². The summed E-state index contributed by atoms with van der Waals surface area (Å²) in [6, 6.07) is 6.33. The number of ether oxygens (including phenoxy) is 1. The lowest BCUT2D eigenvalue weighted by Gasteiger charge is -2.36. The number of carbonyl (C=O) groups is 4. The van der Waals surface area contributed by atoms with Crippen molar-refractivity contribution < 1.29 is 23.9 Å². The molecule has 0 radical (unpaired) electrons. The molecule has 0 aliphatic carbocycles. The van der Waals surface area contributed by atoms with Crippen molar-refractivity contribution in [1.29, 1.82) is 0 Å². The summed E-state index contributed by atoms with van der Waals surface area (Å²) in [5.41, 5.74) is 0.589. The lowest BCUT2D eigenvalue weighted by atomic mass is 9.97. The van der Waals surface area contributed by atoms with E-state index < -0.39 is 0 Å². The zero-order valence-corrected chi connectivity index (χ0v) is 18.3. The molecule has 1 N–H and O–H groups in total. The SMILES string of the molecule is CCOC(=O)C1CCN(C(=O)CN2CCN(C(=O)Nc3ccc(Cl)cc3)CC2=O)CC1. The number of piperazine rings is 1. The van der Waals surface area contributed by atoms with E-state index in [1.807, 2.05) is 0 Å². The Balaban J connectivity index is 1.44. The fraction of sp³-hybridized carbons (Fsp3) is 0.524. The van der Waals surface area contributed by atoms with Crippen LogP contribution in [0.3, 0.4) is 0 Å². The minimum absolute atomic E-state index is 0.0183. The van der Waals surface area contributed by atoms with Crippen LogP contribution in [-0.2, 0) is 19.1 Å². The van der Waals surface area contributed by atoms with Gasteiger partial charge in [0.05, 0.1) is 19.1 Å². The Morgan fingerprint density at radius 2 is 1.74 bits per heavy atom. The second-order valence-electron chi connectivity index (χ2n) is 7.58. The van der Waals surface area contributed by atoms with E-state index in [1.54, 1.807) is 36.1 Å². The van der Waals surface area contributed by atoms with E-state index in [-0.39, 0.29) is 49.4 Å². The summed E-state index contributed by atoms with van der Waals surface area (Å²) >= 11 is 5.84. The first-order chi connectivity index (χ1) is 14.9. The summed E-state index contributed by atoms with van der Waals surface area (Å²) in [5.74, 6) is -0.798. The highest BCUT2D eigenvalue weighted by atomic mass is 35.5. The van der Waals surface area contributed by atoms with Crippen LogP contribution < -0.4 is 5.32 Å². The summed E-state index contributed by atoms with van der Waals surface area (Å²) in [6.45, 7) is 3.59. The van der Waals surface area contributed by atoms with Gasteiger partial charge in [-0.2, -0.15) is 0 Å². The third-order valence-corrected chi connectivity index (χ3v) is 5.75. The molecule has 0 spiro atoms. The highest BCUT2D eigenvalue weighted by Gasteiger charge is 2.32. The number of piperidine rings is 1. The predicted octanol–water partition coefficient (Wildman–Crippen LogP) is 1.82. The smallest absolute Gasteiger partial charge is 0.322 e. The summed E-state index contributed by atoms with van der Waals surface area (Å²) in [6.07, 6.45) is 1.13. The first-order valence-corrected chi connectivity index (χ1v) is 10.8. The Morgan fingerprint density at radius 3 is 2.35 bits per heavy atom. The molecule has 2 heterocycles. The van der Waals surface area contributed by atoms with Crippen LogP contribution in [0.4, 0.5) is 10.5 Å². The van der Waals surface area contributed by atoms with Gasteiger partial charge in [-0.05, 0) is 44.0 Å². The first-order valence-electron chi connectivity index (χ1n) is 10.4. The van der Waals surface area contributed by atoms with E-state index in [4.69, 9.17) is 16.3 Å². The lowest BCUT2D eigenvalue weighted by Crippen LogP contribution is -2.56. The molecule has 168 valence electrons. The number of halogens is 1. The Labute approximate surface area is 186 Å². The molecule has 4 amide bonds. The van der Waals surface area contributed by atoms with Gasteiger partial charge < -0.3 is 24.8 Å². The van der Waals surface area contributed by atoms with Crippen LogP contribution in [-0.4, -0.2) is 84.4 Å². The van der Waals surface area contributed by atoms with Gasteiger partial charge in [0.1, 0.15) is 6.54 Å². The molecule has 1 aromatic rings. The van der Waals surface area contributed by atoms with E-state index in [2.05, 4.69) is 5.32 Å². The van der Waals surface area contributed by atoms with Crippen LogP contribution in [0.5, 0.6) is 0 Å². The summed E-state index contributed by atoms with van der Waals surface area (Å²) in [7, 11) is 0. The topological polar surface area (TPSA) is 99.3 Å². The van der Waals surface area contributed by atoms with Crippen molar-refractivity contribution in [3.05, 3.63) is 29.3 Å². The maximum Gasteiger partial charge on any atom is 0.322 e. The van der Waals surface area contributed by atoms with E-state index in [9.17, 15) is 19.2 Å². The molecule has 1 aromatic carbocycles. The number of urea groups is 1. The Kier molecular flexibility index (Phi) is 7.73. The van der Waals surface area contributed by atoms with Gasteiger partial charge in [-0.15, -0.1) is 0 Å². The molecular weight excluding hydrogens is 424 g/mol. The van der Waals surface area contributed by atoms with E-state index >= 15 is 0 Å². The highest BCUT2D eigenvalue weighted by Crippen LogP contribution is 2.19. The third kappa shape index (κ3) is 6.10. The van der Waals surface area contributed by atoms with Crippen molar-refractivity contribution in [2.24, 2.45) is 5.92 Å². The molecule has 0 saturated carbocycles. The van der Waals surface area contributed by atoms with Crippen molar-refractivity contribution in [3.8, 4) is 0 Å². The first kappa shape index (κ1) is 22.9. The van der Waals surface area contributed by atoms with Crippen molar-refractivity contribution in [1.82, 2.24) is 14.7 Å². The molecule has 2 aliphatic heterocycles. The number of likely N-dealkylation sites (tertiary alicyclic amines) is 1. The maximum absolute atomic E-state index is 12.6. The van der Waals surface area contributed by atoms with Gasteiger partial charge in [0.25, 0.3) is 0 Å². The molecule has 9 nitrogen and oxygen atoms in total. The number of amides is 4. The van der Waals surface area contributed by atoms with E-state index in [0.29, 0.717) is 49.8 Å². The van der Waals surface area contributed by atoms with Crippen LogP contribution in [0.25, 0.3) is 0 Å². The zero-order valence-electron chi connectivity index (χ0n) is 17.5. The molecule has 3 rings (SSSR count). The third-order valence-electron chi connectivity index (χ3n) is 5.50. The van der Waals surface area contributed by atoms with Crippen LogP contribution in [0.1, 0.15) is 19.8 Å². The normalized spacial score (nSPS) is 17.5. The van der Waals surface area contributed by atoms with Crippen LogP contribution >= 0.6 is 11.6 Å². The number of benzene rings is 1. The van der Waals surface area contributed by atoms with E-state index in [1.165, 1.54) is 9.80 Å². The predicted molar refractivity (Wildman–Crippen MR) is 115 cm³/mol. The molecule has 0 atom stereocenters. The number of carbonyl (C=O) groups excluding carboxylic acids is 4. The van der Waals surface area contributed by atoms with Gasteiger partial charge in [-0.3, -0.25) is 14.4 Å². The molecule has 31 heavy (non-hydrogen) atoms. The lowest BCUT2D eigenvalue weighted by molar-refractivity contribution is -0.151. The molecule has 0 aromatic heterocycles. The summed E-state index contributed by atoms with van der Waals surface area (Å²) < 4.78 is 5.05. The quantitative estimate of drug-likeness (QED) is 0.690. The number of esters is 1. The van der Waals surface area contributed by atoms with Crippen molar-refractivity contribution in [3.63, 3.8) is 0 Å². The maximum atomic E-state index is 12.6.